The lowest BCUT2D eigenvalue weighted by Gasteiger charge is -2.32. The fourth-order valence-corrected chi connectivity index (χ4v) is 2.77. The molecule has 0 amide bonds. The van der Waals surface area contributed by atoms with Gasteiger partial charge in [-0.1, -0.05) is 60.7 Å². The molecular weight excluding hydrogens is 248 g/mol. The van der Waals surface area contributed by atoms with Crippen molar-refractivity contribution in [3.8, 4) is 0 Å². The van der Waals surface area contributed by atoms with Gasteiger partial charge >= 0.3 is 0 Å². The molecule has 0 N–H and O–H groups in total. The molecule has 1 aliphatic carbocycles. The predicted octanol–water partition coefficient (Wildman–Crippen LogP) is 2.86. The largest absolute Gasteiger partial charge is 0.298 e. The van der Waals surface area contributed by atoms with Crippen LogP contribution in [0.5, 0.6) is 0 Å². The van der Waals surface area contributed by atoms with Gasteiger partial charge in [-0.05, 0) is 24.0 Å². The van der Waals surface area contributed by atoms with Gasteiger partial charge in [0.05, 0.1) is 11.8 Å². The maximum Gasteiger partial charge on any atom is 0.154 e. The third-order valence-electron chi connectivity index (χ3n) is 3.94. The van der Waals surface area contributed by atoms with Gasteiger partial charge in [0.2, 0.25) is 0 Å². The first-order valence-electron chi connectivity index (χ1n) is 6.91. The Morgan fingerprint density at radius 1 is 0.600 bits per heavy atom. The average molecular weight is 264 g/mol. The zero-order valence-corrected chi connectivity index (χ0v) is 11.2. The Bertz CT molecular complexity index is 547. The molecular formula is C18H16O2. The van der Waals surface area contributed by atoms with Gasteiger partial charge in [0, 0.05) is 0 Å². The van der Waals surface area contributed by atoms with Crippen molar-refractivity contribution in [2.45, 2.75) is 12.8 Å². The molecule has 1 fully saturated rings. The summed E-state index contributed by atoms with van der Waals surface area (Å²) in [5.74, 6) is -0.650. The number of ketones is 2. The van der Waals surface area contributed by atoms with Crippen LogP contribution in [-0.2, 0) is 22.4 Å². The topological polar surface area (TPSA) is 34.1 Å². The van der Waals surface area contributed by atoms with Gasteiger partial charge in [0.1, 0.15) is 0 Å². The van der Waals surface area contributed by atoms with Gasteiger partial charge < -0.3 is 0 Å². The maximum absolute atomic E-state index is 12.2. The minimum atomic E-state index is -0.425. The van der Waals surface area contributed by atoms with Crippen molar-refractivity contribution in [1.29, 1.82) is 0 Å². The summed E-state index contributed by atoms with van der Waals surface area (Å²) in [6.45, 7) is 0. The standard InChI is InChI=1S/C18H16O2/c19-17-15(11-13-7-3-1-4-8-13)18(20)16(17)12-14-9-5-2-6-10-14/h1-10,15-16H,11-12H2. The molecule has 0 saturated heterocycles. The van der Waals surface area contributed by atoms with Crippen LogP contribution in [0.3, 0.4) is 0 Å². The number of hydrogen-bond donors (Lipinski definition) is 0. The van der Waals surface area contributed by atoms with Crippen molar-refractivity contribution in [3.05, 3.63) is 71.8 Å². The van der Waals surface area contributed by atoms with Gasteiger partial charge in [-0.25, -0.2) is 0 Å². The van der Waals surface area contributed by atoms with Crippen molar-refractivity contribution in [1.82, 2.24) is 0 Å². The highest BCUT2D eigenvalue weighted by Gasteiger charge is 2.47. The summed E-state index contributed by atoms with van der Waals surface area (Å²) in [7, 11) is 0. The number of hydrogen-bond acceptors (Lipinski definition) is 2. The second kappa shape index (κ2) is 5.41. The number of Topliss-reactive ketones (excluding diaryl/α,β-unsaturated/α-hetero) is 2. The zero-order chi connectivity index (χ0) is 13.9. The van der Waals surface area contributed by atoms with Crippen LogP contribution >= 0.6 is 0 Å². The summed E-state index contributed by atoms with van der Waals surface area (Å²) >= 11 is 0. The van der Waals surface area contributed by atoms with Crippen molar-refractivity contribution < 1.29 is 9.59 Å². The molecule has 0 aromatic heterocycles. The summed E-state index contributed by atoms with van der Waals surface area (Å²) in [6, 6.07) is 19.5. The Hall–Kier alpha value is -2.22. The lowest BCUT2D eigenvalue weighted by atomic mass is 9.67. The molecule has 0 atom stereocenters. The first-order chi connectivity index (χ1) is 9.75. The molecule has 0 bridgehead atoms. The quantitative estimate of drug-likeness (QED) is 0.796. The minimum absolute atomic E-state index is 0.0997. The monoisotopic (exact) mass is 264 g/mol. The SMILES string of the molecule is O=C1C(Cc2ccccc2)C(=O)C1Cc1ccccc1. The molecule has 0 unspecified atom stereocenters. The van der Waals surface area contributed by atoms with E-state index in [1.54, 1.807) is 0 Å². The Morgan fingerprint density at radius 3 is 1.30 bits per heavy atom. The van der Waals surface area contributed by atoms with Crippen molar-refractivity contribution >= 4 is 11.6 Å². The summed E-state index contributed by atoms with van der Waals surface area (Å²) in [5, 5.41) is 0. The summed E-state index contributed by atoms with van der Waals surface area (Å²) in [4.78, 5) is 24.3. The molecule has 0 radical (unpaired) electrons. The van der Waals surface area contributed by atoms with Crippen LogP contribution in [0.4, 0.5) is 0 Å². The van der Waals surface area contributed by atoms with E-state index in [9.17, 15) is 9.59 Å². The number of rotatable bonds is 4. The highest BCUT2D eigenvalue weighted by atomic mass is 16.2. The van der Waals surface area contributed by atoms with Gasteiger partial charge in [0.25, 0.3) is 0 Å². The van der Waals surface area contributed by atoms with Crippen molar-refractivity contribution in [2.24, 2.45) is 11.8 Å². The number of benzene rings is 2. The zero-order valence-electron chi connectivity index (χ0n) is 11.2. The Morgan fingerprint density at radius 2 is 0.950 bits per heavy atom. The third kappa shape index (κ3) is 2.42. The van der Waals surface area contributed by atoms with E-state index in [4.69, 9.17) is 0 Å². The van der Waals surface area contributed by atoms with Crippen LogP contribution in [0.25, 0.3) is 0 Å². The lowest BCUT2D eigenvalue weighted by molar-refractivity contribution is -0.150. The first-order valence-corrected chi connectivity index (χ1v) is 6.91. The summed E-state index contributed by atoms with van der Waals surface area (Å²) < 4.78 is 0. The smallest absolute Gasteiger partial charge is 0.154 e. The van der Waals surface area contributed by atoms with Crippen LogP contribution in [0.1, 0.15) is 11.1 Å². The molecule has 20 heavy (non-hydrogen) atoms. The lowest BCUT2D eigenvalue weighted by Crippen LogP contribution is -2.50. The highest BCUT2D eigenvalue weighted by Crippen LogP contribution is 2.31. The molecule has 1 saturated carbocycles. The van der Waals surface area contributed by atoms with Gasteiger partial charge in [-0.15, -0.1) is 0 Å². The van der Waals surface area contributed by atoms with Crippen LogP contribution in [0, 0.1) is 11.8 Å². The van der Waals surface area contributed by atoms with Crippen LogP contribution < -0.4 is 0 Å². The second-order valence-electron chi connectivity index (χ2n) is 5.29. The minimum Gasteiger partial charge on any atom is -0.298 e. The van der Waals surface area contributed by atoms with E-state index in [1.165, 1.54) is 0 Å². The highest BCUT2D eigenvalue weighted by molar-refractivity contribution is 6.23. The van der Waals surface area contributed by atoms with E-state index in [1.807, 2.05) is 60.7 Å². The van der Waals surface area contributed by atoms with E-state index in [0.29, 0.717) is 12.8 Å². The van der Waals surface area contributed by atoms with E-state index in [2.05, 4.69) is 0 Å². The molecule has 2 aromatic carbocycles. The normalized spacial score (nSPS) is 21.6. The molecule has 1 aliphatic rings. The second-order valence-corrected chi connectivity index (χ2v) is 5.29. The molecule has 2 aromatic rings. The molecule has 2 nitrogen and oxygen atoms in total. The van der Waals surface area contributed by atoms with Crippen LogP contribution in [0.15, 0.2) is 60.7 Å². The fourth-order valence-electron chi connectivity index (χ4n) is 2.77. The van der Waals surface area contributed by atoms with E-state index < -0.39 is 11.8 Å². The van der Waals surface area contributed by atoms with Gasteiger partial charge in [-0.3, -0.25) is 9.59 Å². The number of carbonyl (C=O) groups excluding carboxylic acids is 2. The average Bonchev–Trinajstić information content (AvgIpc) is 2.52. The van der Waals surface area contributed by atoms with Gasteiger partial charge in [-0.2, -0.15) is 0 Å². The molecule has 0 spiro atoms. The van der Waals surface area contributed by atoms with Crippen LogP contribution in [-0.4, -0.2) is 11.6 Å². The van der Waals surface area contributed by atoms with Gasteiger partial charge in [0.15, 0.2) is 11.6 Å². The number of carbonyl (C=O) groups is 2. The summed E-state index contributed by atoms with van der Waals surface area (Å²) in [6.07, 6.45) is 1.09. The van der Waals surface area contributed by atoms with Crippen molar-refractivity contribution in [2.75, 3.05) is 0 Å². The first kappa shape index (κ1) is 12.8. The molecule has 0 heterocycles. The van der Waals surface area contributed by atoms with Crippen LogP contribution in [0.2, 0.25) is 0 Å². The molecule has 0 aliphatic heterocycles. The maximum atomic E-state index is 12.2. The van der Waals surface area contributed by atoms with E-state index in [-0.39, 0.29) is 11.6 Å². The van der Waals surface area contributed by atoms with E-state index >= 15 is 0 Å². The Balaban J connectivity index is 1.65. The van der Waals surface area contributed by atoms with Crippen molar-refractivity contribution in [3.63, 3.8) is 0 Å². The third-order valence-corrected chi connectivity index (χ3v) is 3.94. The predicted molar refractivity (Wildman–Crippen MR) is 77.3 cm³/mol. The molecule has 2 heteroatoms. The van der Waals surface area contributed by atoms with E-state index in [0.717, 1.165) is 11.1 Å². The Labute approximate surface area is 118 Å². The molecule has 100 valence electrons. The Kier molecular flexibility index (Phi) is 3.46. The molecule has 3 rings (SSSR count). The summed E-state index contributed by atoms with van der Waals surface area (Å²) in [5.41, 5.74) is 2.11. The fraction of sp³-hybridized carbons (Fsp3) is 0.222.